The van der Waals surface area contributed by atoms with Gasteiger partial charge in [-0.25, -0.2) is 0 Å². The van der Waals surface area contributed by atoms with Crippen molar-refractivity contribution in [3.05, 3.63) is 0 Å². The van der Waals surface area contributed by atoms with Crippen LogP contribution in [-0.2, 0) is 38.1 Å². The van der Waals surface area contributed by atoms with E-state index >= 15 is 0 Å². The monoisotopic (exact) mass is 677 g/mol. The highest BCUT2D eigenvalue weighted by Gasteiger charge is 2.67. The Morgan fingerprint density at radius 1 is 0.771 bits per heavy atom. The van der Waals surface area contributed by atoms with Crippen LogP contribution in [0.5, 0.6) is 0 Å². The van der Waals surface area contributed by atoms with Gasteiger partial charge in [-0.05, 0) is 92.8 Å². The van der Waals surface area contributed by atoms with Crippen molar-refractivity contribution < 1.29 is 38.1 Å². The lowest BCUT2D eigenvalue weighted by Crippen LogP contribution is -2.63. The predicted molar refractivity (Wildman–Crippen MR) is 181 cm³/mol. The van der Waals surface area contributed by atoms with Crippen LogP contribution in [0.15, 0.2) is 0 Å². The fourth-order valence-electron chi connectivity index (χ4n) is 10.5. The van der Waals surface area contributed by atoms with Crippen molar-refractivity contribution in [3.63, 3.8) is 0 Å². The summed E-state index contributed by atoms with van der Waals surface area (Å²) in [4.78, 5) is 51.2. The molecular weight excluding hydrogens is 614 g/mol. The fourth-order valence-corrected chi connectivity index (χ4v) is 10.5. The van der Waals surface area contributed by atoms with Crippen LogP contribution in [0.25, 0.3) is 0 Å². The van der Waals surface area contributed by atoms with Crippen molar-refractivity contribution in [1.29, 1.82) is 0 Å². The lowest BCUT2D eigenvalue weighted by molar-refractivity contribution is -0.225. The van der Waals surface area contributed by atoms with Crippen LogP contribution in [0.1, 0.15) is 118 Å². The SMILES string of the molecule is CCCCOC(=O)CCC(C)C1CC[C@H]2C3[C@H](OC(=O)CCN)CC4C[C@H](OC(=O)CCN)CCC4(C)[C@H]3C[C@H](OC(=O)CCN)C12C. The number of nitrogens with two attached hydrogens (primary N) is 3. The van der Waals surface area contributed by atoms with E-state index in [1.807, 2.05) is 0 Å². The highest BCUT2D eigenvalue weighted by Crippen LogP contribution is 2.69. The lowest BCUT2D eigenvalue weighted by atomic mass is 9.43. The molecule has 4 rings (SSSR count). The molecule has 0 radical (unpaired) electrons. The van der Waals surface area contributed by atoms with Crippen LogP contribution in [0.2, 0.25) is 0 Å². The van der Waals surface area contributed by atoms with E-state index in [9.17, 15) is 19.2 Å². The lowest BCUT2D eigenvalue weighted by Gasteiger charge is -2.64. The van der Waals surface area contributed by atoms with Gasteiger partial charge in [0.25, 0.3) is 0 Å². The van der Waals surface area contributed by atoms with E-state index in [2.05, 4.69) is 27.7 Å². The van der Waals surface area contributed by atoms with Gasteiger partial charge < -0.3 is 36.1 Å². The zero-order valence-electron chi connectivity index (χ0n) is 29.9. The molecule has 0 aromatic heterocycles. The molecule has 11 atom stereocenters. The average molecular weight is 678 g/mol. The average Bonchev–Trinajstić information content (AvgIpc) is 3.39. The summed E-state index contributed by atoms with van der Waals surface area (Å²) >= 11 is 0. The van der Waals surface area contributed by atoms with Crippen LogP contribution in [0, 0.1) is 46.3 Å². The number of hydrogen-bond acceptors (Lipinski definition) is 11. The summed E-state index contributed by atoms with van der Waals surface area (Å²) in [6.45, 7) is 10.1. The van der Waals surface area contributed by atoms with Crippen molar-refractivity contribution in [1.82, 2.24) is 0 Å². The molecule has 11 nitrogen and oxygen atoms in total. The molecule has 6 unspecified atom stereocenters. The van der Waals surface area contributed by atoms with E-state index < -0.39 is 0 Å². The van der Waals surface area contributed by atoms with Crippen molar-refractivity contribution in [3.8, 4) is 0 Å². The number of rotatable bonds is 16. The second-order valence-electron chi connectivity index (χ2n) is 15.6. The summed E-state index contributed by atoms with van der Waals surface area (Å²) in [5, 5.41) is 0. The van der Waals surface area contributed by atoms with Gasteiger partial charge in [-0.3, -0.25) is 19.2 Å². The summed E-state index contributed by atoms with van der Waals surface area (Å²) in [6.07, 6.45) is 8.17. The van der Waals surface area contributed by atoms with Crippen LogP contribution in [-0.4, -0.2) is 68.4 Å². The summed E-state index contributed by atoms with van der Waals surface area (Å²) < 4.78 is 24.1. The Labute approximate surface area is 287 Å². The standard InChI is InChI=1S/C37H63N3O8/c1-5-6-19-45-31(41)10-7-23(2)26-8-9-27-35-28(22-30(37(26,27)4)48-34(44)14-18-40)36(3)15-11-25(46-32(42)12-16-38)20-24(36)21-29(35)47-33(43)13-17-39/h23-30,35H,5-22,38-40H2,1-4H3/t23?,24?,25-,26?,27+,28+,29-,30+,35?,36?,37?/m1/s1. The first-order valence-corrected chi connectivity index (χ1v) is 18.8. The van der Waals surface area contributed by atoms with Gasteiger partial charge in [0.15, 0.2) is 0 Å². The minimum absolute atomic E-state index is 0.0926. The highest BCUT2D eigenvalue weighted by atomic mass is 16.6. The molecular formula is C37H63N3O8. The quantitative estimate of drug-likeness (QED) is 0.120. The Bertz CT molecular complexity index is 1120. The number of esters is 4. The number of carbonyl (C=O) groups excluding carboxylic acids is 4. The zero-order valence-corrected chi connectivity index (χ0v) is 29.9. The molecule has 0 heterocycles. The van der Waals surface area contributed by atoms with Gasteiger partial charge in [0, 0.05) is 37.4 Å². The molecule has 0 saturated heterocycles. The summed E-state index contributed by atoms with van der Waals surface area (Å²) in [5.41, 5.74) is 16.7. The third-order valence-corrected chi connectivity index (χ3v) is 12.9. The van der Waals surface area contributed by atoms with Gasteiger partial charge in [-0.2, -0.15) is 0 Å². The summed E-state index contributed by atoms with van der Waals surface area (Å²) in [5.74, 6) is -0.0202. The van der Waals surface area contributed by atoms with E-state index in [0.29, 0.717) is 38.7 Å². The largest absolute Gasteiger partial charge is 0.466 e. The van der Waals surface area contributed by atoms with E-state index in [-0.39, 0.29) is 127 Å². The maximum Gasteiger partial charge on any atom is 0.307 e. The molecule has 0 aromatic rings. The maximum atomic E-state index is 13.2. The zero-order chi connectivity index (χ0) is 35.1. The van der Waals surface area contributed by atoms with Crippen molar-refractivity contribution in [2.75, 3.05) is 26.2 Å². The second kappa shape index (κ2) is 17.1. The Kier molecular flexibility index (Phi) is 13.8. The Hall–Kier alpha value is -2.24. The Balaban J connectivity index is 1.65. The highest BCUT2D eigenvalue weighted by molar-refractivity contribution is 5.71. The fraction of sp³-hybridized carbons (Fsp3) is 0.892. The van der Waals surface area contributed by atoms with E-state index in [1.54, 1.807) is 0 Å². The maximum absolute atomic E-state index is 13.2. The predicted octanol–water partition coefficient (Wildman–Crippen LogP) is 4.41. The first-order chi connectivity index (χ1) is 22.9. The summed E-state index contributed by atoms with van der Waals surface area (Å²) in [6, 6.07) is 0. The molecule has 0 amide bonds. The Morgan fingerprint density at radius 2 is 1.42 bits per heavy atom. The molecule has 0 bridgehead atoms. The minimum atomic E-state index is -0.367. The Morgan fingerprint density at radius 3 is 2.06 bits per heavy atom. The molecule has 4 saturated carbocycles. The van der Waals surface area contributed by atoms with E-state index in [0.717, 1.165) is 38.5 Å². The molecule has 48 heavy (non-hydrogen) atoms. The minimum Gasteiger partial charge on any atom is -0.466 e. The molecule has 0 aliphatic heterocycles. The first-order valence-electron chi connectivity index (χ1n) is 18.8. The smallest absolute Gasteiger partial charge is 0.307 e. The van der Waals surface area contributed by atoms with Crippen molar-refractivity contribution >= 4 is 23.9 Å². The normalized spacial score (nSPS) is 36.1. The molecule has 4 aliphatic rings. The molecule has 4 aliphatic carbocycles. The molecule has 11 heteroatoms. The van der Waals surface area contributed by atoms with Crippen LogP contribution in [0.3, 0.4) is 0 Å². The number of ether oxygens (including phenoxy) is 4. The van der Waals surface area contributed by atoms with Crippen molar-refractivity contribution in [2.45, 2.75) is 136 Å². The number of fused-ring (bicyclic) bond motifs is 5. The summed E-state index contributed by atoms with van der Waals surface area (Å²) in [7, 11) is 0. The molecule has 4 fully saturated rings. The van der Waals surface area contributed by atoms with Gasteiger partial charge in [-0.1, -0.05) is 34.1 Å². The first kappa shape index (κ1) is 38.6. The number of carbonyl (C=O) groups is 4. The van der Waals surface area contributed by atoms with Crippen molar-refractivity contribution in [2.24, 2.45) is 63.5 Å². The van der Waals surface area contributed by atoms with Gasteiger partial charge >= 0.3 is 23.9 Å². The van der Waals surface area contributed by atoms with E-state index in [4.69, 9.17) is 36.1 Å². The van der Waals surface area contributed by atoms with Crippen LogP contribution in [0.4, 0.5) is 0 Å². The third-order valence-electron chi connectivity index (χ3n) is 12.9. The van der Waals surface area contributed by atoms with Gasteiger partial charge in [0.05, 0.1) is 25.9 Å². The van der Waals surface area contributed by atoms with Crippen LogP contribution >= 0.6 is 0 Å². The van der Waals surface area contributed by atoms with Gasteiger partial charge in [0.1, 0.15) is 18.3 Å². The molecule has 6 N–H and O–H groups in total. The molecule has 0 aromatic carbocycles. The van der Waals surface area contributed by atoms with Gasteiger partial charge in [0.2, 0.25) is 0 Å². The second-order valence-corrected chi connectivity index (χ2v) is 15.6. The molecule has 274 valence electrons. The third kappa shape index (κ3) is 8.37. The number of hydrogen-bond donors (Lipinski definition) is 3. The van der Waals surface area contributed by atoms with E-state index in [1.165, 1.54) is 0 Å². The molecule has 0 spiro atoms. The topological polar surface area (TPSA) is 183 Å². The van der Waals surface area contributed by atoms with Crippen LogP contribution < -0.4 is 17.2 Å². The van der Waals surface area contributed by atoms with Gasteiger partial charge in [-0.15, -0.1) is 0 Å². The number of unbranched alkanes of at least 4 members (excludes halogenated alkanes) is 1.